The minimum Gasteiger partial charge on any atom is -0.359 e. The van der Waals surface area contributed by atoms with Gasteiger partial charge in [-0.25, -0.2) is 9.36 Å². The Morgan fingerprint density at radius 3 is 2.17 bits per heavy atom. The second-order valence-corrected chi connectivity index (χ2v) is 8.31. The summed E-state index contributed by atoms with van der Waals surface area (Å²) in [5, 5.41) is 5.73. The van der Waals surface area contributed by atoms with Crippen molar-refractivity contribution in [1.82, 2.24) is 19.8 Å². The highest BCUT2D eigenvalue weighted by Gasteiger charge is 2.16. The molecule has 0 saturated heterocycles. The van der Waals surface area contributed by atoms with E-state index < -0.39 is 11.2 Å². The zero-order chi connectivity index (χ0) is 24.9. The fourth-order valence-electron chi connectivity index (χ4n) is 3.84. The van der Waals surface area contributed by atoms with Crippen LogP contribution in [0.25, 0.3) is 16.6 Å². The Kier molecular flexibility index (Phi) is 6.91. The summed E-state index contributed by atoms with van der Waals surface area (Å²) in [4.78, 5) is 51.1. The molecule has 1 heterocycles. The summed E-state index contributed by atoms with van der Waals surface area (Å²) in [6, 6.07) is 21.2. The van der Waals surface area contributed by atoms with Gasteiger partial charge in [-0.3, -0.25) is 19.0 Å². The number of benzene rings is 3. The van der Waals surface area contributed by atoms with Crippen molar-refractivity contribution in [2.75, 3.05) is 7.05 Å². The van der Waals surface area contributed by atoms with E-state index in [9.17, 15) is 19.2 Å². The summed E-state index contributed by atoms with van der Waals surface area (Å²) in [7, 11) is 1.56. The number of hydrogen-bond donors (Lipinski definition) is 2. The predicted octanol–water partition coefficient (Wildman–Crippen LogP) is 2.07. The quantitative estimate of drug-likeness (QED) is 0.432. The van der Waals surface area contributed by atoms with Crippen molar-refractivity contribution >= 4 is 22.7 Å². The number of fused-ring (bicyclic) bond motifs is 1. The molecule has 0 saturated carbocycles. The first-order valence-corrected chi connectivity index (χ1v) is 11.2. The van der Waals surface area contributed by atoms with Crippen LogP contribution in [0.2, 0.25) is 0 Å². The molecule has 1 aromatic heterocycles. The second kappa shape index (κ2) is 10.2. The van der Waals surface area contributed by atoms with Crippen molar-refractivity contribution in [1.29, 1.82) is 0 Å². The molecule has 8 nitrogen and oxygen atoms in total. The van der Waals surface area contributed by atoms with Crippen molar-refractivity contribution in [2.45, 2.75) is 26.4 Å². The van der Waals surface area contributed by atoms with E-state index >= 15 is 0 Å². The van der Waals surface area contributed by atoms with Crippen LogP contribution >= 0.6 is 0 Å². The number of carbonyl (C=O) groups excluding carboxylic acids is 2. The summed E-state index contributed by atoms with van der Waals surface area (Å²) in [6.45, 7) is 2.09. The minimum atomic E-state index is -0.613. The molecule has 4 aromatic rings. The highest BCUT2D eigenvalue weighted by atomic mass is 16.2. The number of likely N-dealkylation sites (N-methyl/N-ethyl adjacent to an activating group) is 1. The van der Waals surface area contributed by atoms with Gasteiger partial charge in [0.15, 0.2) is 0 Å². The maximum atomic E-state index is 13.4. The highest BCUT2D eigenvalue weighted by molar-refractivity contribution is 5.82. The van der Waals surface area contributed by atoms with Gasteiger partial charge in [-0.15, -0.1) is 0 Å². The van der Waals surface area contributed by atoms with E-state index in [4.69, 9.17) is 0 Å². The monoisotopic (exact) mass is 470 g/mol. The normalized spacial score (nSPS) is 10.8. The van der Waals surface area contributed by atoms with Crippen LogP contribution in [-0.2, 0) is 29.1 Å². The van der Waals surface area contributed by atoms with E-state index in [0.717, 1.165) is 21.3 Å². The van der Waals surface area contributed by atoms with Crippen LogP contribution in [0, 0.1) is 6.92 Å². The standard InChI is InChI=1S/C27H26N4O4/c1-18-7-9-20(10-8-18)16-29-25(33)17-30-23-6-4-3-5-22(23)26(34)31(27(30)35)21-13-11-19(12-14-21)15-24(32)28-2/h3-14H,15-17H2,1-2H3,(H,28,32)(H,29,33). The SMILES string of the molecule is CNC(=O)Cc1ccc(-n2c(=O)c3ccccc3n(CC(=O)NCc3ccc(C)cc3)c2=O)cc1. The predicted molar refractivity (Wildman–Crippen MR) is 135 cm³/mol. The van der Waals surface area contributed by atoms with Gasteiger partial charge in [0.25, 0.3) is 5.56 Å². The van der Waals surface area contributed by atoms with Gasteiger partial charge in [0.2, 0.25) is 11.8 Å². The molecule has 2 amide bonds. The summed E-state index contributed by atoms with van der Waals surface area (Å²) >= 11 is 0. The van der Waals surface area contributed by atoms with Gasteiger partial charge >= 0.3 is 5.69 Å². The van der Waals surface area contributed by atoms with E-state index in [1.54, 1.807) is 55.6 Å². The van der Waals surface area contributed by atoms with E-state index in [0.29, 0.717) is 23.1 Å². The summed E-state index contributed by atoms with van der Waals surface area (Å²) in [5.41, 5.74) is 2.49. The van der Waals surface area contributed by atoms with Crippen LogP contribution in [0.4, 0.5) is 0 Å². The molecule has 0 aliphatic carbocycles. The Morgan fingerprint density at radius 2 is 1.49 bits per heavy atom. The van der Waals surface area contributed by atoms with Crippen LogP contribution in [0.5, 0.6) is 0 Å². The first-order chi connectivity index (χ1) is 16.9. The third kappa shape index (κ3) is 5.22. The topological polar surface area (TPSA) is 102 Å². The van der Waals surface area contributed by atoms with Crippen LogP contribution in [0.1, 0.15) is 16.7 Å². The fraction of sp³-hybridized carbons (Fsp3) is 0.185. The number of amides is 2. The van der Waals surface area contributed by atoms with Crippen LogP contribution in [0.3, 0.4) is 0 Å². The second-order valence-electron chi connectivity index (χ2n) is 8.31. The first kappa shape index (κ1) is 23.7. The number of nitrogens with zero attached hydrogens (tertiary/aromatic N) is 2. The number of rotatable bonds is 7. The molecular weight excluding hydrogens is 444 g/mol. The lowest BCUT2D eigenvalue weighted by molar-refractivity contribution is -0.122. The van der Waals surface area contributed by atoms with Gasteiger partial charge in [0.1, 0.15) is 6.54 Å². The van der Waals surface area contributed by atoms with Crippen molar-refractivity contribution in [2.24, 2.45) is 0 Å². The molecule has 2 N–H and O–H groups in total. The molecule has 0 aliphatic heterocycles. The lowest BCUT2D eigenvalue weighted by Gasteiger charge is -2.14. The van der Waals surface area contributed by atoms with Crippen LogP contribution in [0.15, 0.2) is 82.4 Å². The smallest absolute Gasteiger partial charge is 0.336 e. The summed E-state index contributed by atoms with van der Waals surface area (Å²) in [6.07, 6.45) is 0.189. The largest absolute Gasteiger partial charge is 0.359 e. The number of carbonyl (C=O) groups is 2. The zero-order valence-corrected chi connectivity index (χ0v) is 19.6. The lowest BCUT2D eigenvalue weighted by atomic mass is 10.1. The average Bonchev–Trinajstić information content (AvgIpc) is 2.87. The molecular formula is C27H26N4O4. The van der Waals surface area contributed by atoms with Crippen molar-refractivity contribution in [3.05, 3.63) is 110 Å². The summed E-state index contributed by atoms with van der Waals surface area (Å²) < 4.78 is 2.36. The molecule has 3 aromatic carbocycles. The molecule has 0 fully saturated rings. The van der Waals surface area contributed by atoms with Crippen LogP contribution < -0.4 is 21.9 Å². The Bertz CT molecular complexity index is 1500. The van der Waals surface area contributed by atoms with E-state index in [1.807, 2.05) is 31.2 Å². The van der Waals surface area contributed by atoms with Gasteiger partial charge in [0, 0.05) is 13.6 Å². The van der Waals surface area contributed by atoms with Gasteiger partial charge in [0.05, 0.1) is 23.0 Å². The Labute approximate surface area is 201 Å². The number of hydrogen-bond acceptors (Lipinski definition) is 4. The third-order valence-electron chi connectivity index (χ3n) is 5.80. The lowest BCUT2D eigenvalue weighted by Crippen LogP contribution is -2.41. The average molecular weight is 471 g/mol. The van der Waals surface area contributed by atoms with E-state index in [-0.39, 0.29) is 24.8 Å². The molecule has 4 rings (SSSR count). The molecule has 0 bridgehead atoms. The number of aromatic nitrogens is 2. The van der Waals surface area contributed by atoms with Crippen LogP contribution in [-0.4, -0.2) is 28.0 Å². The Balaban J connectivity index is 1.68. The Hall–Kier alpha value is -4.46. The van der Waals surface area contributed by atoms with Gasteiger partial charge in [-0.1, -0.05) is 54.1 Å². The van der Waals surface area contributed by atoms with Gasteiger partial charge < -0.3 is 10.6 Å². The van der Waals surface area contributed by atoms with E-state index in [2.05, 4.69) is 10.6 Å². The molecule has 178 valence electrons. The van der Waals surface area contributed by atoms with Crippen molar-refractivity contribution in [3.63, 3.8) is 0 Å². The number of para-hydroxylation sites is 1. The van der Waals surface area contributed by atoms with Gasteiger partial charge in [-0.05, 0) is 42.3 Å². The summed E-state index contributed by atoms with van der Waals surface area (Å²) in [5.74, 6) is -0.483. The van der Waals surface area contributed by atoms with Crippen molar-refractivity contribution < 1.29 is 9.59 Å². The number of aryl methyl sites for hydroxylation is 1. The Morgan fingerprint density at radius 1 is 0.829 bits per heavy atom. The number of nitrogens with one attached hydrogen (secondary N) is 2. The molecule has 0 unspecified atom stereocenters. The maximum absolute atomic E-state index is 13.4. The highest BCUT2D eigenvalue weighted by Crippen LogP contribution is 2.12. The first-order valence-electron chi connectivity index (χ1n) is 11.2. The maximum Gasteiger partial charge on any atom is 0.336 e. The third-order valence-corrected chi connectivity index (χ3v) is 5.80. The fourth-order valence-corrected chi connectivity index (χ4v) is 3.84. The molecule has 0 spiro atoms. The van der Waals surface area contributed by atoms with Gasteiger partial charge in [-0.2, -0.15) is 0 Å². The van der Waals surface area contributed by atoms with E-state index in [1.165, 1.54) is 4.57 Å². The molecule has 0 radical (unpaired) electrons. The zero-order valence-electron chi connectivity index (χ0n) is 19.6. The molecule has 0 atom stereocenters. The van der Waals surface area contributed by atoms with Crippen molar-refractivity contribution in [3.8, 4) is 5.69 Å². The molecule has 35 heavy (non-hydrogen) atoms. The molecule has 0 aliphatic rings. The minimum absolute atomic E-state index is 0.139. The molecule has 8 heteroatoms.